The maximum Gasteiger partial charge on any atom is 0.416 e. The largest absolute Gasteiger partial charge is 0.489 e. The first-order valence-corrected chi connectivity index (χ1v) is 9.14. The summed E-state index contributed by atoms with van der Waals surface area (Å²) in [5, 5.41) is 11.7. The fourth-order valence-electron chi connectivity index (χ4n) is 3.20. The number of carboxylic acids is 1. The molecule has 0 bridgehead atoms. The van der Waals surface area contributed by atoms with Gasteiger partial charge in [0.25, 0.3) is 0 Å². The Morgan fingerprint density at radius 2 is 2.00 bits per heavy atom. The van der Waals surface area contributed by atoms with Gasteiger partial charge in [-0.1, -0.05) is 38.7 Å². The lowest BCUT2D eigenvalue weighted by Crippen LogP contribution is -2.30. The van der Waals surface area contributed by atoms with E-state index in [0.29, 0.717) is 13.0 Å². The van der Waals surface area contributed by atoms with Gasteiger partial charge in [-0.05, 0) is 30.5 Å². The van der Waals surface area contributed by atoms with E-state index in [9.17, 15) is 18.0 Å². The molecule has 26 heavy (non-hydrogen) atoms. The molecule has 7 heteroatoms. The highest BCUT2D eigenvalue weighted by molar-refractivity contribution is 5.73. The predicted molar refractivity (Wildman–Crippen MR) is 92.4 cm³/mol. The Balaban J connectivity index is 2.02. The van der Waals surface area contributed by atoms with Gasteiger partial charge in [0.05, 0.1) is 5.56 Å². The summed E-state index contributed by atoms with van der Waals surface area (Å²) in [5.74, 6) is -0.851. The van der Waals surface area contributed by atoms with Gasteiger partial charge in [-0.3, -0.25) is 4.79 Å². The van der Waals surface area contributed by atoms with E-state index in [1.54, 1.807) is 6.07 Å². The summed E-state index contributed by atoms with van der Waals surface area (Å²) in [6.07, 6.45) is 0.639. The molecule has 0 aliphatic carbocycles. The van der Waals surface area contributed by atoms with E-state index >= 15 is 0 Å². The van der Waals surface area contributed by atoms with E-state index in [2.05, 4.69) is 12.2 Å². The molecule has 0 radical (unpaired) electrons. The first-order valence-electron chi connectivity index (χ1n) is 9.14. The van der Waals surface area contributed by atoms with Crippen LogP contribution in [0.5, 0.6) is 5.75 Å². The lowest BCUT2D eigenvalue weighted by molar-refractivity contribution is -0.139. The molecule has 1 heterocycles. The number of ether oxygens (including phenoxy) is 1. The summed E-state index contributed by atoms with van der Waals surface area (Å²) >= 11 is 0. The van der Waals surface area contributed by atoms with Gasteiger partial charge in [0, 0.05) is 13.0 Å². The standard InChI is InChI=1S/C19H26F3NO3/c1-2-3-4-5-6-7-13-8-9-14(10-16(13)19(20,21)22)26-15-11-17(18(24)25)23-12-15/h8-10,15,17,23H,2-7,11-12H2,1H3,(H,24,25)/t15-,17-/m0/s1. The highest BCUT2D eigenvalue weighted by atomic mass is 19.4. The van der Waals surface area contributed by atoms with Gasteiger partial charge in [-0.15, -0.1) is 0 Å². The molecule has 2 atom stereocenters. The number of halogens is 3. The molecule has 0 amide bonds. The number of alkyl halides is 3. The third-order valence-electron chi connectivity index (χ3n) is 4.63. The molecule has 1 aliphatic heterocycles. The van der Waals surface area contributed by atoms with Crippen LogP contribution in [0.15, 0.2) is 18.2 Å². The first-order chi connectivity index (χ1) is 12.3. The van der Waals surface area contributed by atoms with E-state index in [-0.39, 0.29) is 17.7 Å². The third-order valence-corrected chi connectivity index (χ3v) is 4.63. The molecule has 4 nitrogen and oxygen atoms in total. The van der Waals surface area contributed by atoms with Gasteiger partial charge in [-0.25, -0.2) is 0 Å². The number of hydrogen-bond donors (Lipinski definition) is 2. The average Bonchev–Trinajstić information content (AvgIpc) is 3.03. The Morgan fingerprint density at radius 1 is 1.27 bits per heavy atom. The molecule has 0 spiro atoms. The van der Waals surface area contributed by atoms with Crippen LogP contribution in [-0.4, -0.2) is 29.8 Å². The second kappa shape index (κ2) is 9.26. The summed E-state index contributed by atoms with van der Waals surface area (Å²) in [4.78, 5) is 10.9. The number of carboxylic acid groups (broad SMARTS) is 1. The van der Waals surface area contributed by atoms with Gasteiger partial charge in [0.1, 0.15) is 17.9 Å². The van der Waals surface area contributed by atoms with Gasteiger partial charge >= 0.3 is 12.1 Å². The number of unbranched alkanes of at least 4 members (excludes halogenated alkanes) is 4. The van der Waals surface area contributed by atoms with Crippen LogP contribution in [-0.2, 0) is 17.4 Å². The summed E-state index contributed by atoms with van der Waals surface area (Å²) < 4.78 is 45.8. The average molecular weight is 373 g/mol. The number of aliphatic carboxylic acids is 1. The van der Waals surface area contributed by atoms with E-state index in [1.165, 1.54) is 6.07 Å². The van der Waals surface area contributed by atoms with Crippen molar-refractivity contribution in [2.75, 3.05) is 6.54 Å². The minimum Gasteiger partial charge on any atom is -0.489 e. The number of rotatable bonds is 9. The van der Waals surface area contributed by atoms with Crippen molar-refractivity contribution >= 4 is 5.97 Å². The first kappa shape index (κ1) is 20.6. The van der Waals surface area contributed by atoms with Gasteiger partial charge in [-0.2, -0.15) is 13.2 Å². The maximum atomic E-state index is 13.4. The monoisotopic (exact) mass is 373 g/mol. The van der Waals surface area contributed by atoms with Crippen LogP contribution in [0.4, 0.5) is 13.2 Å². The van der Waals surface area contributed by atoms with E-state index in [0.717, 1.165) is 38.2 Å². The molecule has 0 saturated carbocycles. The minimum atomic E-state index is -4.43. The van der Waals surface area contributed by atoms with Crippen molar-refractivity contribution in [1.29, 1.82) is 0 Å². The number of carbonyl (C=O) groups is 1. The highest BCUT2D eigenvalue weighted by Gasteiger charge is 2.35. The Hall–Kier alpha value is -1.76. The van der Waals surface area contributed by atoms with Crippen LogP contribution in [0.3, 0.4) is 0 Å². The van der Waals surface area contributed by atoms with Gasteiger partial charge in [0.15, 0.2) is 0 Å². The topological polar surface area (TPSA) is 58.6 Å². The van der Waals surface area contributed by atoms with Crippen LogP contribution >= 0.6 is 0 Å². The Labute approximate surface area is 151 Å². The SMILES string of the molecule is CCCCCCCc1ccc(O[C@@H]2CN[C@H](C(=O)O)C2)cc1C(F)(F)F. The molecule has 1 aromatic rings. The van der Waals surface area contributed by atoms with Gasteiger partial charge < -0.3 is 15.2 Å². The van der Waals surface area contributed by atoms with Crippen molar-refractivity contribution in [3.05, 3.63) is 29.3 Å². The van der Waals surface area contributed by atoms with Gasteiger partial charge in [0.2, 0.25) is 0 Å². The van der Waals surface area contributed by atoms with Crippen LogP contribution in [0.1, 0.15) is 56.6 Å². The molecule has 0 unspecified atom stereocenters. The smallest absolute Gasteiger partial charge is 0.416 e. The van der Waals surface area contributed by atoms with Crippen LogP contribution in [0.25, 0.3) is 0 Å². The number of nitrogens with one attached hydrogen (secondary N) is 1. The molecule has 0 aromatic heterocycles. The van der Waals surface area contributed by atoms with Crippen molar-refractivity contribution in [1.82, 2.24) is 5.32 Å². The van der Waals surface area contributed by atoms with Crippen molar-refractivity contribution in [2.24, 2.45) is 0 Å². The highest BCUT2D eigenvalue weighted by Crippen LogP contribution is 2.35. The summed E-state index contributed by atoms with van der Waals surface area (Å²) in [7, 11) is 0. The Kier molecular flexibility index (Phi) is 7.32. The van der Waals surface area contributed by atoms with Crippen molar-refractivity contribution in [3.63, 3.8) is 0 Å². The molecule has 2 rings (SSSR count). The zero-order valence-corrected chi connectivity index (χ0v) is 14.9. The van der Waals surface area contributed by atoms with E-state index in [4.69, 9.17) is 9.84 Å². The predicted octanol–water partition coefficient (Wildman–Crippen LogP) is 4.41. The molecule has 1 fully saturated rings. The van der Waals surface area contributed by atoms with Crippen LogP contribution in [0, 0.1) is 0 Å². The molecule has 1 saturated heterocycles. The lowest BCUT2D eigenvalue weighted by Gasteiger charge is -2.17. The molecular formula is C19H26F3NO3. The molecule has 146 valence electrons. The summed E-state index contributed by atoms with van der Waals surface area (Å²) in [5.41, 5.74) is -0.374. The number of aryl methyl sites for hydroxylation is 1. The zero-order chi connectivity index (χ0) is 19.2. The normalized spacial score (nSPS) is 20.3. The fraction of sp³-hybridized carbons (Fsp3) is 0.632. The second-order valence-corrected chi connectivity index (χ2v) is 6.76. The second-order valence-electron chi connectivity index (χ2n) is 6.76. The Morgan fingerprint density at radius 3 is 2.62 bits per heavy atom. The van der Waals surface area contributed by atoms with E-state index in [1.807, 2.05) is 0 Å². The number of hydrogen-bond acceptors (Lipinski definition) is 3. The Bertz CT molecular complexity index is 604. The number of benzene rings is 1. The summed E-state index contributed by atoms with van der Waals surface area (Å²) in [6.45, 7) is 2.40. The minimum absolute atomic E-state index is 0.130. The van der Waals surface area contributed by atoms with E-state index < -0.39 is 29.9 Å². The molecule has 2 N–H and O–H groups in total. The van der Waals surface area contributed by atoms with Crippen molar-refractivity contribution in [2.45, 2.75) is 70.2 Å². The van der Waals surface area contributed by atoms with Crippen LogP contribution < -0.4 is 10.1 Å². The maximum absolute atomic E-state index is 13.4. The molecule has 1 aliphatic rings. The van der Waals surface area contributed by atoms with Crippen molar-refractivity contribution in [3.8, 4) is 5.75 Å². The summed E-state index contributed by atoms with van der Waals surface area (Å²) in [6, 6.07) is 3.35. The third kappa shape index (κ3) is 5.90. The van der Waals surface area contributed by atoms with Crippen molar-refractivity contribution < 1.29 is 27.8 Å². The molecule has 1 aromatic carbocycles. The lowest BCUT2D eigenvalue weighted by atomic mass is 10.00. The quantitative estimate of drug-likeness (QED) is 0.630. The fourth-order valence-corrected chi connectivity index (χ4v) is 3.20. The molecular weight excluding hydrogens is 347 g/mol. The zero-order valence-electron chi connectivity index (χ0n) is 14.9. The van der Waals surface area contributed by atoms with Crippen LogP contribution in [0.2, 0.25) is 0 Å².